The van der Waals surface area contributed by atoms with Crippen molar-refractivity contribution in [1.29, 1.82) is 0 Å². The number of hydrogen-bond donors (Lipinski definition) is 2. The topological polar surface area (TPSA) is 80.6 Å². The summed E-state index contributed by atoms with van der Waals surface area (Å²) in [5.74, 6) is 0.846. The Balaban J connectivity index is 1.85. The molecule has 1 heterocycles. The van der Waals surface area contributed by atoms with Crippen LogP contribution < -0.4 is 15.4 Å². The van der Waals surface area contributed by atoms with Gasteiger partial charge in [-0.05, 0) is 55.0 Å². The maximum atomic E-state index is 12.7. The molecule has 0 atom stereocenters. The molecule has 160 valence electrons. The van der Waals surface area contributed by atoms with Gasteiger partial charge in [-0.15, -0.1) is 0 Å². The SMILES string of the molecule is CCCNC(=O)/C(=C/c1ccc(-c2cccc(Cl)c2)o1)NC(=O)c1ccc(OC)cc1. The van der Waals surface area contributed by atoms with E-state index in [9.17, 15) is 9.59 Å². The summed E-state index contributed by atoms with van der Waals surface area (Å²) in [6.45, 7) is 2.43. The van der Waals surface area contributed by atoms with Gasteiger partial charge in [-0.3, -0.25) is 9.59 Å². The zero-order chi connectivity index (χ0) is 22.2. The zero-order valence-corrected chi connectivity index (χ0v) is 18.0. The van der Waals surface area contributed by atoms with Gasteiger partial charge in [0.15, 0.2) is 0 Å². The van der Waals surface area contributed by atoms with Crippen molar-refractivity contribution in [3.63, 3.8) is 0 Å². The molecule has 0 aliphatic rings. The maximum absolute atomic E-state index is 12.7. The van der Waals surface area contributed by atoms with Gasteiger partial charge in [-0.1, -0.05) is 30.7 Å². The highest BCUT2D eigenvalue weighted by molar-refractivity contribution is 6.30. The Bertz CT molecular complexity index is 1090. The molecule has 0 bridgehead atoms. The number of carbonyl (C=O) groups is 2. The molecule has 0 unspecified atom stereocenters. The van der Waals surface area contributed by atoms with Crippen LogP contribution in [0.15, 0.2) is 70.8 Å². The molecule has 0 radical (unpaired) electrons. The summed E-state index contributed by atoms with van der Waals surface area (Å²) in [6.07, 6.45) is 2.27. The summed E-state index contributed by atoms with van der Waals surface area (Å²) < 4.78 is 11.0. The van der Waals surface area contributed by atoms with Crippen LogP contribution in [0.2, 0.25) is 5.02 Å². The maximum Gasteiger partial charge on any atom is 0.267 e. The molecule has 6 nitrogen and oxygen atoms in total. The summed E-state index contributed by atoms with van der Waals surface area (Å²) >= 11 is 6.05. The number of methoxy groups -OCH3 is 1. The smallest absolute Gasteiger partial charge is 0.267 e. The zero-order valence-electron chi connectivity index (χ0n) is 17.3. The lowest BCUT2D eigenvalue weighted by molar-refractivity contribution is -0.117. The molecule has 2 N–H and O–H groups in total. The van der Waals surface area contributed by atoms with Gasteiger partial charge in [0.25, 0.3) is 11.8 Å². The lowest BCUT2D eigenvalue weighted by atomic mass is 10.2. The molecule has 7 heteroatoms. The van der Waals surface area contributed by atoms with E-state index >= 15 is 0 Å². The van der Waals surface area contributed by atoms with Crippen LogP contribution in [0.25, 0.3) is 17.4 Å². The van der Waals surface area contributed by atoms with Gasteiger partial charge in [-0.25, -0.2) is 0 Å². The second-order valence-corrected chi connectivity index (χ2v) is 7.15. The number of nitrogens with one attached hydrogen (secondary N) is 2. The van der Waals surface area contributed by atoms with Crippen LogP contribution in [0, 0.1) is 0 Å². The summed E-state index contributed by atoms with van der Waals surface area (Å²) in [5, 5.41) is 6.04. The highest BCUT2D eigenvalue weighted by Gasteiger charge is 2.16. The Kier molecular flexibility index (Phi) is 7.51. The fourth-order valence-corrected chi connectivity index (χ4v) is 2.99. The van der Waals surface area contributed by atoms with Crippen LogP contribution in [-0.2, 0) is 4.79 Å². The Morgan fingerprint density at radius 2 is 1.87 bits per heavy atom. The van der Waals surface area contributed by atoms with Crippen LogP contribution in [0.3, 0.4) is 0 Å². The van der Waals surface area contributed by atoms with Crippen molar-refractivity contribution in [2.75, 3.05) is 13.7 Å². The lowest BCUT2D eigenvalue weighted by Gasteiger charge is -2.10. The summed E-state index contributed by atoms with van der Waals surface area (Å²) in [4.78, 5) is 25.3. The van der Waals surface area contributed by atoms with Gasteiger partial charge in [0.2, 0.25) is 0 Å². The summed E-state index contributed by atoms with van der Waals surface area (Å²) in [6, 6.07) is 17.4. The molecular formula is C24H23ClN2O4. The van der Waals surface area contributed by atoms with Crippen molar-refractivity contribution in [3.05, 3.63) is 82.7 Å². The molecule has 0 aliphatic heterocycles. The van der Waals surface area contributed by atoms with E-state index in [1.165, 1.54) is 6.08 Å². The Morgan fingerprint density at radius 3 is 2.55 bits per heavy atom. The molecule has 2 amide bonds. The molecule has 31 heavy (non-hydrogen) atoms. The van der Waals surface area contributed by atoms with Crippen LogP contribution in [-0.4, -0.2) is 25.5 Å². The van der Waals surface area contributed by atoms with Gasteiger partial charge in [0.1, 0.15) is 23.0 Å². The number of amides is 2. The van der Waals surface area contributed by atoms with Gasteiger partial charge in [0, 0.05) is 28.8 Å². The van der Waals surface area contributed by atoms with Gasteiger partial charge in [0.05, 0.1) is 7.11 Å². The number of ether oxygens (including phenoxy) is 1. The Morgan fingerprint density at radius 1 is 1.10 bits per heavy atom. The van der Waals surface area contributed by atoms with Crippen molar-refractivity contribution < 1.29 is 18.7 Å². The van der Waals surface area contributed by atoms with E-state index in [1.807, 2.05) is 19.1 Å². The highest BCUT2D eigenvalue weighted by Crippen LogP contribution is 2.25. The average Bonchev–Trinajstić information content (AvgIpc) is 3.25. The molecule has 0 saturated heterocycles. The van der Waals surface area contributed by atoms with Crippen molar-refractivity contribution in [3.8, 4) is 17.1 Å². The first kappa shape index (κ1) is 22.2. The van der Waals surface area contributed by atoms with Crippen molar-refractivity contribution in [2.24, 2.45) is 0 Å². The monoisotopic (exact) mass is 438 g/mol. The number of carbonyl (C=O) groups excluding carboxylic acids is 2. The van der Waals surface area contributed by atoms with E-state index in [-0.39, 0.29) is 5.70 Å². The fourth-order valence-electron chi connectivity index (χ4n) is 2.80. The summed E-state index contributed by atoms with van der Waals surface area (Å²) in [7, 11) is 1.55. The normalized spacial score (nSPS) is 11.1. The van der Waals surface area contributed by atoms with Gasteiger partial charge >= 0.3 is 0 Å². The molecule has 0 fully saturated rings. The highest BCUT2D eigenvalue weighted by atomic mass is 35.5. The molecule has 0 spiro atoms. The molecule has 3 aromatic rings. The van der Waals surface area contributed by atoms with Crippen LogP contribution in [0.5, 0.6) is 5.75 Å². The van der Waals surface area contributed by atoms with E-state index in [1.54, 1.807) is 55.6 Å². The lowest BCUT2D eigenvalue weighted by Crippen LogP contribution is -2.35. The summed E-state index contributed by atoms with van der Waals surface area (Å²) in [5.41, 5.74) is 1.29. The van der Waals surface area contributed by atoms with E-state index in [0.29, 0.717) is 34.4 Å². The van der Waals surface area contributed by atoms with E-state index < -0.39 is 11.8 Å². The van der Waals surface area contributed by atoms with E-state index in [2.05, 4.69) is 10.6 Å². The van der Waals surface area contributed by atoms with Gasteiger partial charge in [-0.2, -0.15) is 0 Å². The third kappa shape index (κ3) is 5.99. The predicted molar refractivity (Wildman–Crippen MR) is 121 cm³/mol. The molecule has 0 saturated carbocycles. The minimum absolute atomic E-state index is 0.0845. The van der Waals surface area contributed by atoms with E-state index in [0.717, 1.165) is 12.0 Å². The number of rotatable bonds is 8. The minimum Gasteiger partial charge on any atom is -0.497 e. The second kappa shape index (κ2) is 10.5. The molecule has 0 aliphatic carbocycles. The standard InChI is InChI=1S/C24H23ClN2O4/c1-3-13-26-24(29)21(27-23(28)16-7-9-19(30-2)10-8-16)15-20-11-12-22(31-20)17-5-4-6-18(25)14-17/h4-12,14-15H,3,13H2,1-2H3,(H,26,29)(H,27,28)/b21-15-. The first-order valence-electron chi connectivity index (χ1n) is 9.81. The van der Waals surface area contributed by atoms with Crippen molar-refractivity contribution in [2.45, 2.75) is 13.3 Å². The first-order chi connectivity index (χ1) is 15.0. The largest absolute Gasteiger partial charge is 0.497 e. The quantitative estimate of drug-likeness (QED) is 0.490. The van der Waals surface area contributed by atoms with Crippen molar-refractivity contribution in [1.82, 2.24) is 10.6 Å². The third-order valence-electron chi connectivity index (χ3n) is 4.40. The number of benzene rings is 2. The number of furan rings is 1. The van der Waals surface area contributed by atoms with Crippen LogP contribution in [0.1, 0.15) is 29.5 Å². The first-order valence-corrected chi connectivity index (χ1v) is 10.2. The molecule has 2 aromatic carbocycles. The van der Waals surface area contributed by atoms with E-state index in [4.69, 9.17) is 20.8 Å². The van der Waals surface area contributed by atoms with Crippen LogP contribution in [0.4, 0.5) is 0 Å². The Hall–Kier alpha value is -3.51. The second-order valence-electron chi connectivity index (χ2n) is 6.71. The number of hydrogen-bond acceptors (Lipinski definition) is 4. The van der Waals surface area contributed by atoms with Gasteiger partial charge < -0.3 is 19.8 Å². The molecule has 1 aromatic heterocycles. The third-order valence-corrected chi connectivity index (χ3v) is 4.64. The van der Waals surface area contributed by atoms with Crippen molar-refractivity contribution >= 4 is 29.5 Å². The molecular weight excluding hydrogens is 416 g/mol. The van der Waals surface area contributed by atoms with Crippen LogP contribution >= 0.6 is 11.6 Å². The average molecular weight is 439 g/mol. The molecule has 3 rings (SSSR count). The predicted octanol–water partition coefficient (Wildman–Crippen LogP) is 4.91. The fraction of sp³-hybridized carbons (Fsp3) is 0.167. The minimum atomic E-state index is -0.415. The Labute approximate surface area is 185 Å². The number of halogens is 1.